The predicted octanol–water partition coefficient (Wildman–Crippen LogP) is 2.80. The highest BCUT2D eigenvalue weighted by atomic mass is 16.1. The molecule has 98 valence electrons. The molecule has 0 unspecified atom stereocenters. The smallest absolute Gasteiger partial charge is 0.137 e. The van der Waals surface area contributed by atoms with Crippen molar-refractivity contribution in [3.05, 3.63) is 34.9 Å². The van der Waals surface area contributed by atoms with Gasteiger partial charge in [0, 0.05) is 12.8 Å². The topological polar surface area (TPSA) is 29.1 Å². The minimum Gasteiger partial charge on any atom is -0.317 e. The lowest BCUT2D eigenvalue weighted by Crippen LogP contribution is -2.29. The number of Topliss-reactive ketones (excluding diaryl/α,β-unsaturated/α-hetero) is 1. The van der Waals surface area contributed by atoms with Gasteiger partial charge in [0.1, 0.15) is 5.78 Å². The Morgan fingerprint density at radius 2 is 1.78 bits per heavy atom. The van der Waals surface area contributed by atoms with Gasteiger partial charge >= 0.3 is 0 Å². The van der Waals surface area contributed by atoms with Gasteiger partial charge in [-0.05, 0) is 51.3 Å². The van der Waals surface area contributed by atoms with Crippen LogP contribution >= 0.6 is 0 Å². The normalized spacial score (nSPS) is 16.8. The van der Waals surface area contributed by atoms with Crippen LogP contribution in [0.2, 0.25) is 0 Å². The van der Waals surface area contributed by atoms with Crippen LogP contribution < -0.4 is 5.32 Å². The fraction of sp³-hybridized carbons (Fsp3) is 0.562. The lowest BCUT2D eigenvalue weighted by atomic mass is 9.90. The van der Waals surface area contributed by atoms with Crippen molar-refractivity contribution in [2.45, 2.75) is 39.5 Å². The first-order valence-electron chi connectivity index (χ1n) is 6.93. The Hall–Kier alpha value is -1.15. The molecule has 1 fully saturated rings. The van der Waals surface area contributed by atoms with Gasteiger partial charge in [0.25, 0.3) is 0 Å². The van der Waals surface area contributed by atoms with Gasteiger partial charge in [-0.25, -0.2) is 0 Å². The van der Waals surface area contributed by atoms with E-state index >= 15 is 0 Å². The molecular weight excluding hydrogens is 222 g/mol. The summed E-state index contributed by atoms with van der Waals surface area (Å²) in [4.78, 5) is 12.1. The highest BCUT2D eigenvalue weighted by Crippen LogP contribution is 2.18. The zero-order chi connectivity index (χ0) is 13.0. The molecular formula is C16H23NO. The van der Waals surface area contributed by atoms with Crippen molar-refractivity contribution in [1.29, 1.82) is 0 Å². The Morgan fingerprint density at radius 3 is 2.39 bits per heavy atom. The molecule has 2 nitrogen and oxygen atoms in total. The van der Waals surface area contributed by atoms with E-state index in [1.54, 1.807) is 0 Å². The minimum absolute atomic E-state index is 0.395. The predicted molar refractivity (Wildman–Crippen MR) is 74.8 cm³/mol. The van der Waals surface area contributed by atoms with Crippen LogP contribution in [0.4, 0.5) is 0 Å². The highest BCUT2D eigenvalue weighted by Gasteiger charge is 2.16. The van der Waals surface area contributed by atoms with Crippen LogP contribution in [0.1, 0.15) is 36.0 Å². The van der Waals surface area contributed by atoms with Crippen molar-refractivity contribution in [2.24, 2.45) is 5.92 Å². The van der Waals surface area contributed by atoms with Gasteiger partial charge in [-0.1, -0.05) is 29.3 Å². The Labute approximate surface area is 110 Å². The molecule has 1 aromatic rings. The molecule has 1 heterocycles. The maximum atomic E-state index is 12.1. The number of aryl methyl sites for hydroxylation is 2. The van der Waals surface area contributed by atoms with E-state index < -0.39 is 0 Å². The second-order valence-corrected chi connectivity index (χ2v) is 5.61. The molecule has 1 aliphatic rings. The Bertz CT molecular complexity index is 399. The zero-order valence-electron chi connectivity index (χ0n) is 11.5. The molecule has 0 saturated carbocycles. The number of nitrogens with one attached hydrogen (secondary N) is 1. The average Bonchev–Trinajstić information content (AvgIpc) is 2.28. The van der Waals surface area contributed by atoms with Gasteiger partial charge in [0.15, 0.2) is 0 Å². The van der Waals surface area contributed by atoms with Gasteiger partial charge in [-0.2, -0.15) is 0 Å². The molecule has 0 atom stereocenters. The summed E-state index contributed by atoms with van der Waals surface area (Å²) < 4.78 is 0. The lowest BCUT2D eigenvalue weighted by Gasteiger charge is -2.21. The van der Waals surface area contributed by atoms with Crippen LogP contribution in [0.15, 0.2) is 18.2 Å². The van der Waals surface area contributed by atoms with Gasteiger partial charge in [-0.3, -0.25) is 4.79 Å². The summed E-state index contributed by atoms with van der Waals surface area (Å²) in [7, 11) is 0. The first kappa shape index (κ1) is 13.3. The molecule has 0 spiro atoms. The first-order valence-corrected chi connectivity index (χ1v) is 6.93. The Kier molecular flexibility index (Phi) is 4.54. The van der Waals surface area contributed by atoms with Crippen LogP contribution in [0.5, 0.6) is 0 Å². The maximum Gasteiger partial charge on any atom is 0.137 e. The number of hydrogen-bond donors (Lipinski definition) is 1. The number of hydrogen-bond acceptors (Lipinski definition) is 2. The van der Waals surface area contributed by atoms with Gasteiger partial charge in [0.05, 0.1) is 0 Å². The number of rotatable bonds is 4. The van der Waals surface area contributed by atoms with Crippen LogP contribution in [0.25, 0.3) is 0 Å². The quantitative estimate of drug-likeness (QED) is 0.883. The van der Waals surface area contributed by atoms with E-state index in [0.29, 0.717) is 18.1 Å². The number of piperidine rings is 1. The van der Waals surface area contributed by atoms with E-state index in [0.717, 1.165) is 32.4 Å². The third-order valence-electron chi connectivity index (χ3n) is 3.66. The van der Waals surface area contributed by atoms with Crippen LogP contribution in [0.3, 0.4) is 0 Å². The fourth-order valence-electron chi connectivity index (χ4n) is 2.88. The molecule has 0 bridgehead atoms. The maximum absolute atomic E-state index is 12.1. The summed E-state index contributed by atoms with van der Waals surface area (Å²) in [6, 6.07) is 6.42. The molecule has 1 saturated heterocycles. The SMILES string of the molecule is Cc1cc(C)cc(CC(=O)CC2CCNCC2)c1. The van der Waals surface area contributed by atoms with E-state index in [1.165, 1.54) is 16.7 Å². The second-order valence-electron chi connectivity index (χ2n) is 5.61. The van der Waals surface area contributed by atoms with Crippen molar-refractivity contribution < 1.29 is 4.79 Å². The molecule has 2 heteroatoms. The highest BCUT2D eigenvalue weighted by molar-refractivity contribution is 5.81. The average molecular weight is 245 g/mol. The second kappa shape index (κ2) is 6.14. The number of ketones is 1. The van der Waals surface area contributed by atoms with E-state index in [1.807, 2.05) is 0 Å². The van der Waals surface area contributed by atoms with E-state index in [2.05, 4.69) is 37.4 Å². The van der Waals surface area contributed by atoms with Gasteiger partial charge in [-0.15, -0.1) is 0 Å². The minimum atomic E-state index is 0.395. The summed E-state index contributed by atoms with van der Waals surface area (Å²) in [5.41, 5.74) is 3.67. The van der Waals surface area contributed by atoms with E-state index in [-0.39, 0.29) is 0 Å². The van der Waals surface area contributed by atoms with Crippen LogP contribution in [-0.2, 0) is 11.2 Å². The van der Waals surface area contributed by atoms with E-state index in [9.17, 15) is 4.79 Å². The number of benzene rings is 1. The van der Waals surface area contributed by atoms with Crippen LogP contribution in [0, 0.1) is 19.8 Å². The summed E-state index contributed by atoms with van der Waals surface area (Å²) in [5.74, 6) is 0.997. The Morgan fingerprint density at radius 1 is 1.17 bits per heavy atom. The molecule has 1 N–H and O–H groups in total. The molecule has 2 rings (SSSR count). The van der Waals surface area contributed by atoms with Crippen molar-refractivity contribution in [2.75, 3.05) is 13.1 Å². The molecule has 18 heavy (non-hydrogen) atoms. The zero-order valence-corrected chi connectivity index (χ0v) is 11.5. The molecule has 0 aromatic heterocycles. The number of carbonyl (C=O) groups is 1. The molecule has 0 amide bonds. The van der Waals surface area contributed by atoms with Crippen LogP contribution in [-0.4, -0.2) is 18.9 Å². The van der Waals surface area contributed by atoms with Gasteiger partial charge in [0.2, 0.25) is 0 Å². The summed E-state index contributed by atoms with van der Waals surface area (Å²) in [6.45, 7) is 6.32. The largest absolute Gasteiger partial charge is 0.317 e. The molecule has 0 radical (unpaired) electrons. The fourth-order valence-corrected chi connectivity index (χ4v) is 2.88. The van der Waals surface area contributed by atoms with Gasteiger partial charge < -0.3 is 5.32 Å². The third-order valence-corrected chi connectivity index (χ3v) is 3.66. The third kappa shape index (κ3) is 3.95. The lowest BCUT2D eigenvalue weighted by molar-refractivity contribution is -0.119. The van der Waals surface area contributed by atoms with Crippen molar-refractivity contribution in [3.8, 4) is 0 Å². The monoisotopic (exact) mass is 245 g/mol. The summed E-state index contributed by atoms with van der Waals surface area (Å²) in [6.07, 6.45) is 3.66. The molecule has 1 aliphatic heterocycles. The standard InChI is InChI=1S/C16H23NO/c1-12-7-13(2)9-15(8-12)11-16(18)10-14-3-5-17-6-4-14/h7-9,14,17H,3-6,10-11H2,1-2H3. The molecule has 1 aromatic carbocycles. The molecule has 0 aliphatic carbocycles. The van der Waals surface area contributed by atoms with Crippen molar-refractivity contribution in [3.63, 3.8) is 0 Å². The summed E-state index contributed by atoms with van der Waals surface area (Å²) >= 11 is 0. The Balaban J connectivity index is 1.89. The summed E-state index contributed by atoms with van der Waals surface area (Å²) in [5, 5.41) is 3.34. The first-order chi connectivity index (χ1) is 8.63. The van der Waals surface area contributed by atoms with Crippen molar-refractivity contribution >= 4 is 5.78 Å². The number of carbonyl (C=O) groups excluding carboxylic acids is 1. The van der Waals surface area contributed by atoms with Crippen molar-refractivity contribution in [1.82, 2.24) is 5.32 Å². The van der Waals surface area contributed by atoms with E-state index in [4.69, 9.17) is 0 Å².